The second-order valence-electron chi connectivity index (χ2n) is 5.14. The van der Waals surface area contributed by atoms with Crippen molar-refractivity contribution in [3.63, 3.8) is 0 Å². The van der Waals surface area contributed by atoms with E-state index in [-0.39, 0.29) is 5.97 Å². The molecule has 0 fully saturated rings. The summed E-state index contributed by atoms with van der Waals surface area (Å²) in [7, 11) is 0. The summed E-state index contributed by atoms with van der Waals surface area (Å²) in [5.74, 6) is -0.258. The maximum Gasteiger partial charge on any atom is 0.307 e. The van der Waals surface area contributed by atoms with Crippen molar-refractivity contribution in [3.05, 3.63) is 35.6 Å². The Balaban J connectivity index is 3.53. The van der Waals surface area contributed by atoms with Crippen LogP contribution < -0.4 is 0 Å². The van der Waals surface area contributed by atoms with Crippen molar-refractivity contribution in [2.24, 2.45) is 0 Å². The lowest BCUT2D eigenvalue weighted by atomic mass is 10.1. The SMILES string of the molecule is CC(=O)OC=CCCCC/C=C(\C)CCC=C(C)C. The van der Waals surface area contributed by atoms with Crippen LogP contribution in [-0.2, 0) is 9.53 Å². The molecule has 0 radical (unpaired) electrons. The quantitative estimate of drug-likeness (QED) is 0.244. The van der Waals surface area contributed by atoms with Crippen LogP contribution in [0.5, 0.6) is 0 Å². The zero-order valence-electron chi connectivity index (χ0n) is 12.9. The molecule has 0 aromatic heterocycles. The minimum absolute atomic E-state index is 0.258. The summed E-state index contributed by atoms with van der Waals surface area (Å²) >= 11 is 0. The maximum absolute atomic E-state index is 10.5. The molecule has 0 atom stereocenters. The highest BCUT2D eigenvalue weighted by Crippen LogP contribution is 2.10. The largest absolute Gasteiger partial charge is 0.435 e. The molecule has 0 aliphatic carbocycles. The summed E-state index contributed by atoms with van der Waals surface area (Å²) in [6.45, 7) is 7.90. The first kappa shape index (κ1) is 17.7. The Kier molecular flexibility index (Phi) is 11.0. The highest BCUT2D eigenvalue weighted by atomic mass is 16.5. The van der Waals surface area contributed by atoms with E-state index in [1.165, 1.54) is 30.8 Å². The van der Waals surface area contributed by atoms with Crippen LogP contribution in [-0.4, -0.2) is 5.97 Å². The van der Waals surface area contributed by atoms with Gasteiger partial charge in [-0.1, -0.05) is 23.3 Å². The second kappa shape index (κ2) is 11.8. The molecule has 0 N–H and O–H groups in total. The molecule has 0 aliphatic heterocycles. The lowest BCUT2D eigenvalue weighted by molar-refractivity contribution is -0.135. The van der Waals surface area contributed by atoms with E-state index in [0.717, 1.165) is 32.1 Å². The van der Waals surface area contributed by atoms with Gasteiger partial charge in [0.25, 0.3) is 0 Å². The third kappa shape index (κ3) is 14.6. The van der Waals surface area contributed by atoms with Gasteiger partial charge in [0, 0.05) is 6.92 Å². The summed E-state index contributed by atoms with van der Waals surface area (Å²) in [4.78, 5) is 10.5. The van der Waals surface area contributed by atoms with E-state index in [1.807, 2.05) is 6.08 Å². The van der Waals surface area contributed by atoms with Crippen molar-refractivity contribution < 1.29 is 9.53 Å². The maximum atomic E-state index is 10.5. The molecule has 0 bridgehead atoms. The number of unbranched alkanes of at least 4 members (excludes halogenated alkanes) is 3. The van der Waals surface area contributed by atoms with Crippen molar-refractivity contribution >= 4 is 5.97 Å². The molecule has 0 aromatic carbocycles. The van der Waals surface area contributed by atoms with Gasteiger partial charge in [-0.15, -0.1) is 0 Å². The number of rotatable bonds is 9. The van der Waals surface area contributed by atoms with Gasteiger partial charge >= 0.3 is 5.97 Å². The Morgan fingerprint density at radius 3 is 2.26 bits per heavy atom. The molecule has 0 aromatic rings. The number of esters is 1. The Bertz CT molecular complexity index is 331. The van der Waals surface area contributed by atoms with Gasteiger partial charge < -0.3 is 4.74 Å². The van der Waals surface area contributed by atoms with Crippen LogP contribution in [0.3, 0.4) is 0 Å². The van der Waals surface area contributed by atoms with Gasteiger partial charge in [0.05, 0.1) is 6.26 Å². The zero-order chi connectivity index (χ0) is 14.5. The van der Waals surface area contributed by atoms with Crippen LogP contribution in [0.4, 0.5) is 0 Å². The Morgan fingerprint density at radius 2 is 1.63 bits per heavy atom. The first-order valence-corrected chi connectivity index (χ1v) is 7.13. The van der Waals surface area contributed by atoms with Crippen molar-refractivity contribution in [2.75, 3.05) is 0 Å². The van der Waals surface area contributed by atoms with Gasteiger partial charge in [0.1, 0.15) is 0 Å². The molecule has 19 heavy (non-hydrogen) atoms. The van der Waals surface area contributed by atoms with E-state index < -0.39 is 0 Å². The number of ether oxygens (including phenoxy) is 1. The van der Waals surface area contributed by atoms with E-state index in [0.29, 0.717) is 0 Å². The summed E-state index contributed by atoms with van der Waals surface area (Å²) < 4.78 is 4.71. The van der Waals surface area contributed by atoms with Crippen LogP contribution in [0.1, 0.15) is 66.2 Å². The monoisotopic (exact) mass is 264 g/mol. The molecule has 2 nitrogen and oxygen atoms in total. The average Bonchev–Trinajstić information content (AvgIpc) is 2.31. The molecule has 0 heterocycles. The normalized spacial score (nSPS) is 11.7. The van der Waals surface area contributed by atoms with Crippen LogP contribution in [0.25, 0.3) is 0 Å². The minimum Gasteiger partial charge on any atom is -0.435 e. The van der Waals surface area contributed by atoms with E-state index in [1.54, 1.807) is 0 Å². The van der Waals surface area contributed by atoms with E-state index >= 15 is 0 Å². The van der Waals surface area contributed by atoms with Crippen molar-refractivity contribution in [3.8, 4) is 0 Å². The van der Waals surface area contributed by atoms with Crippen molar-refractivity contribution in [2.45, 2.75) is 66.2 Å². The van der Waals surface area contributed by atoms with Gasteiger partial charge in [-0.3, -0.25) is 4.79 Å². The molecule has 0 rings (SSSR count). The fourth-order valence-corrected chi connectivity index (χ4v) is 1.66. The smallest absolute Gasteiger partial charge is 0.307 e. The van der Waals surface area contributed by atoms with Crippen molar-refractivity contribution in [1.29, 1.82) is 0 Å². The summed E-state index contributed by atoms with van der Waals surface area (Å²) in [6, 6.07) is 0. The van der Waals surface area contributed by atoms with Gasteiger partial charge in [0.15, 0.2) is 0 Å². The van der Waals surface area contributed by atoms with E-state index in [9.17, 15) is 4.79 Å². The highest BCUT2D eigenvalue weighted by molar-refractivity contribution is 5.66. The zero-order valence-corrected chi connectivity index (χ0v) is 12.9. The lowest BCUT2D eigenvalue weighted by Gasteiger charge is -1.99. The predicted octanol–water partition coefficient (Wildman–Crippen LogP) is 5.32. The molecule has 0 saturated heterocycles. The summed E-state index contributed by atoms with van der Waals surface area (Å²) in [5.41, 5.74) is 2.88. The number of carbonyl (C=O) groups excluding carboxylic acids is 1. The van der Waals surface area contributed by atoms with Gasteiger partial charge in [-0.2, -0.15) is 0 Å². The number of hydrogen-bond acceptors (Lipinski definition) is 2. The molecular formula is C17H28O2. The van der Waals surface area contributed by atoms with Crippen LogP contribution in [0.15, 0.2) is 35.6 Å². The topological polar surface area (TPSA) is 26.3 Å². The van der Waals surface area contributed by atoms with Gasteiger partial charge in [-0.25, -0.2) is 0 Å². The summed E-state index contributed by atoms with van der Waals surface area (Å²) in [6.07, 6.45) is 14.8. The Morgan fingerprint density at radius 1 is 0.947 bits per heavy atom. The number of allylic oxidation sites excluding steroid dienone is 5. The molecule has 2 heteroatoms. The predicted molar refractivity (Wildman–Crippen MR) is 81.8 cm³/mol. The van der Waals surface area contributed by atoms with Crippen LogP contribution >= 0.6 is 0 Å². The highest BCUT2D eigenvalue weighted by Gasteiger charge is 1.90. The lowest BCUT2D eigenvalue weighted by Crippen LogP contribution is -1.89. The summed E-state index contributed by atoms with van der Waals surface area (Å²) in [5, 5.41) is 0. The van der Waals surface area contributed by atoms with Crippen LogP contribution in [0.2, 0.25) is 0 Å². The second-order valence-corrected chi connectivity index (χ2v) is 5.14. The minimum atomic E-state index is -0.258. The molecule has 0 saturated carbocycles. The van der Waals surface area contributed by atoms with Crippen molar-refractivity contribution in [1.82, 2.24) is 0 Å². The van der Waals surface area contributed by atoms with E-state index in [2.05, 4.69) is 32.9 Å². The molecule has 0 spiro atoms. The molecule has 0 aliphatic rings. The molecule has 0 amide bonds. The van der Waals surface area contributed by atoms with Gasteiger partial charge in [0.2, 0.25) is 0 Å². The Labute approximate surface area is 118 Å². The number of hydrogen-bond donors (Lipinski definition) is 0. The molecule has 108 valence electrons. The molecular weight excluding hydrogens is 236 g/mol. The first-order valence-electron chi connectivity index (χ1n) is 7.13. The van der Waals surface area contributed by atoms with Gasteiger partial charge in [-0.05, 0) is 65.4 Å². The fourth-order valence-electron chi connectivity index (χ4n) is 1.66. The third-order valence-electron chi connectivity index (χ3n) is 2.74. The third-order valence-corrected chi connectivity index (χ3v) is 2.74. The van der Waals surface area contributed by atoms with E-state index in [4.69, 9.17) is 4.74 Å². The number of carbonyl (C=O) groups is 1. The van der Waals surface area contributed by atoms with Crippen LogP contribution in [0, 0.1) is 0 Å². The standard InChI is InChI=1S/C17H28O2/c1-15(2)11-10-13-16(3)12-8-6-5-7-9-14-19-17(4)18/h9,11-12,14H,5-8,10,13H2,1-4H3/b14-9?,16-12+. The first-order chi connectivity index (χ1) is 9.02. The molecule has 0 unspecified atom stereocenters. The average molecular weight is 264 g/mol. The Hall–Kier alpha value is -1.31. The fraction of sp³-hybridized carbons (Fsp3) is 0.588.